The predicted molar refractivity (Wildman–Crippen MR) is 84.3 cm³/mol. The summed E-state index contributed by atoms with van der Waals surface area (Å²) in [7, 11) is 0. The van der Waals surface area contributed by atoms with E-state index in [1.54, 1.807) is 0 Å². The van der Waals surface area contributed by atoms with Gasteiger partial charge >= 0.3 is 5.97 Å². The average Bonchev–Trinajstić information content (AvgIpc) is 2.43. The van der Waals surface area contributed by atoms with E-state index in [4.69, 9.17) is 5.11 Å². The van der Waals surface area contributed by atoms with Crippen LogP contribution in [0.1, 0.15) is 84.0 Å². The molecule has 0 atom stereocenters. The molecule has 0 aliphatic rings. The molecule has 0 rings (SSSR count). The minimum Gasteiger partial charge on any atom is -0.481 e. The summed E-state index contributed by atoms with van der Waals surface area (Å²) in [6, 6.07) is 0. The lowest BCUT2D eigenvalue weighted by molar-refractivity contribution is -0.135. The van der Waals surface area contributed by atoms with Gasteiger partial charge in [-0.2, -0.15) is 0 Å². The van der Waals surface area contributed by atoms with E-state index in [-0.39, 0.29) is 6.42 Å². The number of aliphatic carboxylic acids is 1. The maximum atomic E-state index is 10.2. The molecule has 20 heavy (non-hydrogen) atoms. The number of carbonyl (C=O) groups is 1. The van der Waals surface area contributed by atoms with E-state index in [9.17, 15) is 4.79 Å². The molecule has 2 heteroatoms. The van der Waals surface area contributed by atoms with Gasteiger partial charge in [0.2, 0.25) is 0 Å². The number of hydrogen-bond donors (Lipinski definition) is 1. The van der Waals surface area contributed by atoms with E-state index >= 15 is 0 Å². The molecule has 0 bridgehead atoms. The van der Waals surface area contributed by atoms with Gasteiger partial charge in [0.05, 0.1) is 6.42 Å². The molecule has 0 fully saturated rings. The second-order valence-electron chi connectivity index (χ2n) is 5.03. The van der Waals surface area contributed by atoms with E-state index in [1.807, 2.05) is 0 Å². The standard InChI is InChI=1S/C18H28O2/c1-2-3-4-5-6-7-8-9-10-11-12-13-14-15-16-17-18(19)20/h2-11,14,17H2,1H3,(H,19,20). The molecule has 0 aromatic carbocycles. The van der Waals surface area contributed by atoms with Gasteiger partial charge in [0, 0.05) is 6.42 Å². The van der Waals surface area contributed by atoms with Gasteiger partial charge in [-0.05, 0) is 6.42 Å². The van der Waals surface area contributed by atoms with E-state index in [0.29, 0.717) is 6.42 Å². The summed E-state index contributed by atoms with van der Waals surface area (Å²) < 4.78 is 0. The highest BCUT2D eigenvalue weighted by atomic mass is 16.4. The van der Waals surface area contributed by atoms with Crippen molar-refractivity contribution >= 4 is 5.97 Å². The highest BCUT2D eigenvalue weighted by Crippen LogP contribution is 2.10. The van der Waals surface area contributed by atoms with Gasteiger partial charge in [0.1, 0.15) is 6.42 Å². The quantitative estimate of drug-likeness (QED) is 0.460. The third-order valence-corrected chi connectivity index (χ3v) is 3.07. The topological polar surface area (TPSA) is 37.3 Å². The number of rotatable bonds is 10. The summed E-state index contributed by atoms with van der Waals surface area (Å²) in [5.41, 5.74) is 0. The molecule has 0 aromatic heterocycles. The van der Waals surface area contributed by atoms with Crippen molar-refractivity contribution in [2.24, 2.45) is 0 Å². The predicted octanol–water partition coefficient (Wildman–Crippen LogP) is 4.78. The van der Waals surface area contributed by atoms with Gasteiger partial charge in [0.25, 0.3) is 0 Å². The first kappa shape index (κ1) is 18.6. The van der Waals surface area contributed by atoms with Gasteiger partial charge in [-0.25, -0.2) is 0 Å². The first-order chi connectivity index (χ1) is 9.77. The summed E-state index contributed by atoms with van der Waals surface area (Å²) in [4.78, 5) is 10.2. The maximum absolute atomic E-state index is 10.2. The largest absolute Gasteiger partial charge is 0.481 e. The average molecular weight is 276 g/mol. The van der Waals surface area contributed by atoms with Crippen molar-refractivity contribution < 1.29 is 9.90 Å². The highest BCUT2D eigenvalue weighted by molar-refractivity contribution is 5.69. The molecule has 2 nitrogen and oxygen atoms in total. The van der Waals surface area contributed by atoms with Gasteiger partial charge in [-0.3, -0.25) is 4.79 Å². The fourth-order valence-electron chi connectivity index (χ4n) is 1.92. The molecule has 0 spiro atoms. The fourth-order valence-corrected chi connectivity index (χ4v) is 1.92. The lowest BCUT2D eigenvalue weighted by Crippen LogP contribution is -1.89. The Kier molecular flexibility index (Phi) is 14.5. The molecule has 0 amide bonds. The van der Waals surface area contributed by atoms with Crippen molar-refractivity contribution in [3.8, 4) is 23.7 Å². The molecule has 0 radical (unpaired) electrons. The zero-order chi connectivity index (χ0) is 14.9. The maximum Gasteiger partial charge on any atom is 0.315 e. The number of unbranched alkanes of at least 4 members (excludes halogenated alkanes) is 9. The van der Waals surface area contributed by atoms with Crippen molar-refractivity contribution in [3.05, 3.63) is 0 Å². The molecular weight excluding hydrogens is 248 g/mol. The van der Waals surface area contributed by atoms with E-state index in [2.05, 4.69) is 30.6 Å². The summed E-state index contributed by atoms with van der Waals surface area (Å²) in [5.74, 6) is 10.5. The van der Waals surface area contributed by atoms with Crippen molar-refractivity contribution in [2.45, 2.75) is 84.0 Å². The van der Waals surface area contributed by atoms with Crippen LogP contribution in [-0.2, 0) is 4.79 Å². The van der Waals surface area contributed by atoms with E-state index < -0.39 is 5.97 Å². The van der Waals surface area contributed by atoms with Crippen LogP contribution in [0.4, 0.5) is 0 Å². The summed E-state index contributed by atoms with van der Waals surface area (Å²) in [5, 5.41) is 8.38. The Bertz CT molecular complexity index is 349. The third-order valence-electron chi connectivity index (χ3n) is 3.07. The Labute approximate surface area is 124 Å². The second-order valence-corrected chi connectivity index (χ2v) is 5.03. The lowest BCUT2D eigenvalue weighted by Gasteiger charge is -2.00. The van der Waals surface area contributed by atoms with Crippen LogP contribution < -0.4 is 0 Å². The second kappa shape index (κ2) is 15.6. The Morgan fingerprint density at radius 2 is 1.35 bits per heavy atom. The minimum atomic E-state index is -0.875. The van der Waals surface area contributed by atoms with Crippen molar-refractivity contribution in [1.29, 1.82) is 0 Å². The smallest absolute Gasteiger partial charge is 0.315 e. The highest BCUT2D eigenvalue weighted by Gasteiger charge is 1.91. The number of carboxylic acids is 1. The van der Waals surface area contributed by atoms with E-state index in [0.717, 1.165) is 6.42 Å². The van der Waals surface area contributed by atoms with Crippen molar-refractivity contribution in [3.63, 3.8) is 0 Å². The van der Waals surface area contributed by atoms with Crippen molar-refractivity contribution in [1.82, 2.24) is 0 Å². The molecule has 1 N–H and O–H groups in total. The van der Waals surface area contributed by atoms with Crippen LogP contribution in [-0.4, -0.2) is 11.1 Å². The SMILES string of the molecule is CCCCCCCCCCCC#CCC#CCC(=O)O. The molecule has 0 unspecified atom stereocenters. The zero-order valence-corrected chi connectivity index (χ0v) is 12.8. The molecule has 0 aliphatic carbocycles. The van der Waals surface area contributed by atoms with Gasteiger partial charge in [0.15, 0.2) is 0 Å². The van der Waals surface area contributed by atoms with Crippen LogP contribution in [0.15, 0.2) is 0 Å². The molecule has 0 aliphatic heterocycles. The molecule has 112 valence electrons. The Morgan fingerprint density at radius 1 is 0.800 bits per heavy atom. The Balaban J connectivity index is 3.23. The van der Waals surface area contributed by atoms with Crippen LogP contribution in [0.25, 0.3) is 0 Å². The Morgan fingerprint density at radius 3 is 1.95 bits per heavy atom. The normalized spacial score (nSPS) is 9.25. The summed E-state index contributed by atoms with van der Waals surface area (Å²) in [6.07, 6.45) is 13.3. The zero-order valence-electron chi connectivity index (χ0n) is 12.8. The van der Waals surface area contributed by atoms with Crippen LogP contribution in [0.3, 0.4) is 0 Å². The molecule has 0 heterocycles. The minimum absolute atomic E-state index is 0.0834. The number of hydrogen-bond acceptors (Lipinski definition) is 1. The fraction of sp³-hybridized carbons (Fsp3) is 0.722. The van der Waals surface area contributed by atoms with Gasteiger partial charge in [-0.15, -0.1) is 5.92 Å². The van der Waals surface area contributed by atoms with Crippen LogP contribution in [0, 0.1) is 23.7 Å². The van der Waals surface area contributed by atoms with Crippen LogP contribution in [0.2, 0.25) is 0 Å². The first-order valence-corrected chi connectivity index (χ1v) is 7.90. The number of carboxylic acid groups (broad SMARTS) is 1. The molecule has 0 saturated carbocycles. The molecule has 0 aromatic rings. The molecule has 0 saturated heterocycles. The monoisotopic (exact) mass is 276 g/mol. The Hall–Kier alpha value is -1.41. The van der Waals surface area contributed by atoms with Crippen LogP contribution in [0.5, 0.6) is 0 Å². The van der Waals surface area contributed by atoms with Crippen LogP contribution >= 0.6 is 0 Å². The van der Waals surface area contributed by atoms with Gasteiger partial charge < -0.3 is 5.11 Å². The first-order valence-electron chi connectivity index (χ1n) is 7.90. The lowest BCUT2D eigenvalue weighted by atomic mass is 10.1. The summed E-state index contributed by atoms with van der Waals surface area (Å²) >= 11 is 0. The third kappa shape index (κ3) is 16.6. The van der Waals surface area contributed by atoms with Gasteiger partial charge in [-0.1, -0.05) is 76.1 Å². The van der Waals surface area contributed by atoms with Crippen molar-refractivity contribution in [2.75, 3.05) is 0 Å². The van der Waals surface area contributed by atoms with E-state index in [1.165, 1.54) is 57.8 Å². The molecular formula is C18H28O2. The summed E-state index contributed by atoms with van der Waals surface area (Å²) in [6.45, 7) is 2.25.